The molecule has 15 heavy (non-hydrogen) atoms. The van der Waals surface area contributed by atoms with Crippen LogP contribution >= 0.6 is 15.9 Å². The van der Waals surface area contributed by atoms with Crippen molar-refractivity contribution < 1.29 is 8.42 Å². The van der Waals surface area contributed by atoms with Crippen LogP contribution in [0.3, 0.4) is 0 Å². The molecule has 92 valence electrons. The molecule has 0 aromatic carbocycles. The van der Waals surface area contributed by atoms with Crippen LogP contribution in [-0.2, 0) is 9.84 Å². The third-order valence-corrected chi connectivity index (χ3v) is 4.89. The number of hydrogen-bond acceptors (Lipinski definition) is 3. The van der Waals surface area contributed by atoms with Crippen LogP contribution in [0.15, 0.2) is 0 Å². The van der Waals surface area contributed by atoms with Gasteiger partial charge < -0.3 is 4.90 Å². The maximum atomic E-state index is 11.6. The Balaban J connectivity index is 4.09. The quantitative estimate of drug-likeness (QED) is 0.643. The summed E-state index contributed by atoms with van der Waals surface area (Å²) in [6, 6.07) is 0. The lowest BCUT2D eigenvalue weighted by Crippen LogP contribution is -2.33. The van der Waals surface area contributed by atoms with Gasteiger partial charge in [-0.15, -0.1) is 0 Å². The van der Waals surface area contributed by atoms with Crippen molar-refractivity contribution in [3.63, 3.8) is 0 Å². The molecular formula is C10H22BrNO2S. The second kappa shape index (κ2) is 7.63. The number of sulfone groups is 1. The maximum absolute atomic E-state index is 11.6. The van der Waals surface area contributed by atoms with Gasteiger partial charge in [-0.2, -0.15) is 0 Å². The zero-order valence-electron chi connectivity index (χ0n) is 9.87. The van der Waals surface area contributed by atoms with Crippen LogP contribution in [0.5, 0.6) is 0 Å². The van der Waals surface area contributed by atoms with E-state index >= 15 is 0 Å². The fourth-order valence-electron chi connectivity index (χ4n) is 1.26. The number of nitrogens with zero attached hydrogens (tertiary/aromatic N) is 1. The maximum Gasteiger partial charge on any atom is 0.153 e. The molecule has 0 amide bonds. The van der Waals surface area contributed by atoms with Gasteiger partial charge in [0.15, 0.2) is 9.84 Å². The fraction of sp³-hybridized carbons (Fsp3) is 1.00. The summed E-state index contributed by atoms with van der Waals surface area (Å²) in [5.41, 5.74) is 0. The molecule has 0 N–H and O–H groups in total. The summed E-state index contributed by atoms with van der Waals surface area (Å²) in [7, 11) is -2.89. The molecule has 0 unspecified atom stereocenters. The highest BCUT2D eigenvalue weighted by Gasteiger charge is 2.17. The lowest BCUT2D eigenvalue weighted by molar-refractivity contribution is 0.308. The van der Waals surface area contributed by atoms with Crippen molar-refractivity contribution in [1.29, 1.82) is 0 Å². The number of rotatable bonds is 8. The molecule has 0 aromatic heterocycles. The van der Waals surface area contributed by atoms with Crippen molar-refractivity contribution in [1.82, 2.24) is 4.90 Å². The van der Waals surface area contributed by atoms with Crippen LogP contribution in [-0.4, -0.2) is 49.3 Å². The molecule has 3 nitrogen and oxygen atoms in total. The van der Waals surface area contributed by atoms with Crippen LogP contribution in [0.2, 0.25) is 0 Å². The molecule has 5 heteroatoms. The Morgan fingerprint density at radius 1 is 1.20 bits per heavy atom. The SMILES string of the molecule is CCCN(CCBr)CCS(=O)(=O)C(C)C. The monoisotopic (exact) mass is 299 g/mol. The van der Waals surface area contributed by atoms with Crippen LogP contribution in [0, 0.1) is 0 Å². The number of hydrogen-bond donors (Lipinski definition) is 0. The summed E-state index contributed by atoms with van der Waals surface area (Å²) < 4.78 is 23.2. The Morgan fingerprint density at radius 3 is 2.20 bits per heavy atom. The molecule has 0 heterocycles. The highest BCUT2D eigenvalue weighted by atomic mass is 79.9. The van der Waals surface area contributed by atoms with Gasteiger partial charge in [-0.25, -0.2) is 8.42 Å². The van der Waals surface area contributed by atoms with E-state index in [2.05, 4.69) is 27.8 Å². The first-order chi connectivity index (χ1) is 6.94. The van der Waals surface area contributed by atoms with Gasteiger partial charge in [0.1, 0.15) is 0 Å². The number of alkyl halides is 1. The standard InChI is InChI=1S/C10H22BrNO2S/c1-4-6-12(7-5-11)8-9-15(13,14)10(2)3/h10H,4-9H2,1-3H3. The minimum atomic E-state index is -2.89. The second-order valence-electron chi connectivity index (χ2n) is 3.95. The average molecular weight is 300 g/mol. The fourth-order valence-corrected chi connectivity index (χ4v) is 2.75. The van der Waals surface area contributed by atoms with Crippen molar-refractivity contribution >= 4 is 25.8 Å². The van der Waals surface area contributed by atoms with Gasteiger partial charge in [0.2, 0.25) is 0 Å². The summed E-state index contributed by atoms with van der Waals surface area (Å²) in [6.45, 7) is 8.13. The lowest BCUT2D eigenvalue weighted by atomic mass is 10.4. The van der Waals surface area contributed by atoms with E-state index in [1.165, 1.54) is 0 Å². The summed E-state index contributed by atoms with van der Waals surface area (Å²) in [4.78, 5) is 2.19. The number of halogens is 1. The zero-order chi connectivity index (χ0) is 11.9. The molecule has 0 rings (SSSR count). The van der Waals surface area contributed by atoms with E-state index in [1.807, 2.05) is 0 Å². The molecule has 0 saturated heterocycles. The van der Waals surface area contributed by atoms with Gasteiger partial charge in [0.05, 0.1) is 11.0 Å². The van der Waals surface area contributed by atoms with Crippen molar-refractivity contribution in [2.24, 2.45) is 0 Å². The van der Waals surface area contributed by atoms with Gasteiger partial charge in [0, 0.05) is 18.4 Å². The third-order valence-electron chi connectivity index (χ3n) is 2.35. The topological polar surface area (TPSA) is 37.4 Å². The Labute approximate surface area is 102 Å². The summed E-state index contributed by atoms with van der Waals surface area (Å²) in [6.07, 6.45) is 1.06. The van der Waals surface area contributed by atoms with E-state index in [1.54, 1.807) is 13.8 Å². The molecule has 0 radical (unpaired) electrons. The van der Waals surface area contributed by atoms with Gasteiger partial charge in [-0.1, -0.05) is 22.9 Å². The van der Waals surface area contributed by atoms with Crippen molar-refractivity contribution in [3.05, 3.63) is 0 Å². The van der Waals surface area contributed by atoms with E-state index in [0.29, 0.717) is 6.54 Å². The van der Waals surface area contributed by atoms with Crippen LogP contribution in [0.1, 0.15) is 27.2 Å². The molecular weight excluding hydrogens is 278 g/mol. The molecule has 0 bridgehead atoms. The Kier molecular flexibility index (Phi) is 7.83. The van der Waals surface area contributed by atoms with Gasteiger partial charge in [-0.05, 0) is 26.8 Å². The predicted octanol–water partition coefficient (Wildman–Crippen LogP) is 1.92. The average Bonchev–Trinajstić information content (AvgIpc) is 2.15. The minimum absolute atomic E-state index is 0.259. The van der Waals surface area contributed by atoms with E-state index in [9.17, 15) is 8.42 Å². The van der Waals surface area contributed by atoms with E-state index < -0.39 is 9.84 Å². The Hall–Kier alpha value is 0.390. The zero-order valence-corrected chi connectivity index (χ0v) is 12.3. The van der Waals surface area contributed by atoms with Gasteiger partial charge in [-0.3, -0.25) is 0 Å². The second-order valence-corrected chi connectivity index (χ2v) is 7.42. The highest BCUT2D eigenvalue weighted by Crippen LogP contribution is 2.02. The highest BCUT2D eigenvalue weighted by molar-refractivity contribution is 9.09. The summed E-state index contributed by atoms with van der Waals surface area (Å²) >= 11 is 3.38. The van der Waals surface area contributed by atoms with Crippen LogP contribution < -0.4 is 0 Å². The molecule has 0 aliphatic rings. The molecule has 0 aromatic rings. The predicted molar refractivity (Wildman–Crippen MR) is 69.4 cm³/mol. The largest absolute Gasteiger partial charge is 0.302 e. The van der Waals surface area contributed by atoms with Crippen molar-refractivity contribution in [2.75, 3.05) is 30.7 Å². The van der Waals surface area contributed by atoms with Crippen molar-refractivity contribution in [3.8, 4) is 0 Å². The van der Waals surface area contributed by atoms with E-state index in [0.717, 1.165) is 24.8 Å². The van der Waals surface area contributed by atoms with Gasteiger partial charge in [0.25, 0.3) is 0 Å². The first-order valence-electron chi connectivity index (χ1n) is 5.44. The molecule has 0 saturated carbocycles. The first kappa shape index (κ1) is 15.4. The van der Waals surface area contributed by atoms with Gasteiger partial charge >= 0.3 is 0 Å². The van der Waals surface area contributed by atoms with Crippen molar-refractivity contribution in [2.45, 2.75) is 32.4 Å². The van der Waals surface area contributed by atoms with E-state index in [-0.39, 0.29) is 11.0 Å². The summed E-state index contributed by atoms with van der Waals surface area (Å²) in [5, 5.41) is 0.638. The molecule has 0 aliphatic carbocycles. The summed E-state index contributed by atoms with van der Waals surface area (Å²) in [5.74, 6) is 0.275. The van der Waals surface area contributed by atoms with Crippen LogP contribution in [0.25, 0.3) is 0 Å². The Morgan fingerprint density at radius 2 is 1.80 bits per heavy atom. The normalized spacial score (nSPS) is 12.7. The lowest BCUT2D eigenvalue weighted by Gasteiger charge is -2.20. The Bertz CT molecular complexity index is 246. The first-order valence-corrected chi connectivity index (χ1v) is 8.27. The molecule has 0 aliphatic heterocycles. The van der Waals surface area contributed by atoms with E-state index in [4.69, 9.17) is 0 Å². The molecule has 0 fully saturated rings. The third kappa shape index (κ3) is 6.53. The van der Waals surface area contributed by atoms with Crippen LogP contribution in [0.4, 0.5) is 0 Å². The molecule has 0 spiro atoms. The minimum Gasteiger partial charge on any atom is -0.302 e. The molecule has 0 atom stereocenters. The smallest absolute Gasteiger partial charge is 0.153 e.